The summed E-state index contributed by atoms with van der Waals surface area (Å²) >= 11 is 0. The summed E-state index contributed by atoms with van der Waals surface area (Å²) in [5.41, 5.74) is 106. The number of hydrogen-bond acceptors (Lipinski definition) is 24. The second-order valence-electron chi connectivity index (χ2n) is 33.2. The third kappa shape index (κ3) is 40.0. The molecule has 0 bridgehead atoms. The van der Waals surface area contributed by atoms with E-state index in [0.29, 0.717) is 118 Å². The van der Waals surface area contributed by atoms with Crippen molar-refractivity contribution in [1.29, 1.82) is 0 Å². The zero-order valence-electron chi connectivity index (χ0n) is 64.0. The molecule has 6 aliphatic carbocycles. The Bertz CT molecular complexity index is 1830. The van der Waals surface area contributed by atoms with Crippen LogP contribution in [0.3, 0.4) is 0 Å². The Morgan fingerprint density at radius 2 is 0.444 bits per heavy atom. The Hall–Kier alpha value is -0.960. The van der Waals surface area contributed by atoms with Crippen molar-refractivity contribution >= 4 is 0 Å². The number of aliphatic hydroxyl groups is 6. The molecular formula is C75H168N18O6. The Morgan fingerprint density at radius 1 is 0.232 bits per heavy atom. The molecule has 0 aromatic rings. The lowest BCUT2D eigenvalue weighted by molar-refractivity contribution is 0.0419. The van der Waals surface area contributed by atoms with Crippen molar-refractivity contribution in [2.45, 2.75) is 363 Å². The minimum Gasteiger partial charge on any atom is -0.393 e. The zero-order chi connectivity index (χ0) is 74.9. The molecule has 42 N–H and O–H groups in total. The van der Waals surface area contributed by atoms with E-state index in [4.69, 9.17) is 103 Å². The van der Waals surface area contributed by atoms with E-state index < -0.39 is 6.10 Å². The highest BCUT2D eigenvalue weighted by Gasteiger charge is 2.39. The normalized spacial score (nSPS) is 36.5. The second-order valence-corrected chi connectivity index (χ2v) is 33.2. The van der Waals surface area contributed by atoms with Crippen LogP contribution in [-0.4, -0.2) is 179 Å². The van der Waals surface area contributed by atoms with Gasteiger partial charge in [0.1, 0.15) is 0 Å². The van der Waals surface area contributed by atoms with Crippen LogP contribution in [0.2, 0.25) is 0 Å². The van der Waals surface area contributed by atoms with Crippen molar-refractivity contribution in [3.63, 3.8) is 0 Å². The first kappa shape index (κ1) is 96.1. The smallest absolute Gasteiger partial charge is 0.0662 e. The molecule has 0 spiro atoms. The maximum Gasteiger partial charge on any atom is 0.0662 e. The van der Waals surface area contributed by atoms with E-state index in [0.717, 1.165) is 193 Å². The molecule has 594 valence electrons. The lowest BCUT2D eigenvalue weighted by atomic mass is 9.73. The van der Waals surface area contributed by atoms with Gasteiger partial charge in [-0.1, -0.05) is 80.1 Å². The molecule has 6 rings (SSSR count). The topological polar surface area (TPSA) is 590 Å². The minimum absolute atomic E-state index is 0.0229. The monoisotopic (exact) mass is 1420 g/mol. The molecule has 18 atom stereocenters. The zero-order valence-corrected chi connectivity index (χ0v) is 64.0. The molecule has 6 fully saturated rings. The summed E-state index contributed by atoms with van der Waals surface area (Å²) in [5.74, 6) is 5.64. The molecule has 24 heteroatoms. The van der Waals surface area contributed by atoms with Gasteiger partial charge in [0.25, 0.3) is 0 Å². The predicted molar refractivity (Wildman–Crippen MR) is 414 cm³/mol. The Balaban J connectivity index is 0.000000595. The summed E-state index contributed by atoms with van der Waals surface area (Å²) in [7, 11) is 0. The summed E-state index contributed by atoms with van der Waals surface area (Å²) < 4.78 is 0. The average molecular weight is 1420 g/mol. The van der Waals surface area contributed by atoms with Crippen LogP contribution in [0.1, 0.15) is 253 Å². The fourth-order valence-corrected chi connectivity index (χ4v) is 17.8. The fourth-order valence-electron chi connectivity index (χ4n) is 17.8. The maximum atomic E-state index is 10.0. The van der Waals surface area contributed by atoms with Crippen LogP contribution in [0.25, 0.3) is 0 Å². The van der Waals surface area contributed by atoms with E-state index in [1.165, 1.54) is 0 Å². The van der Waals surface area contributed by atoms with Gasteiger partial charge in [0.15, 0.2) is 0 Å². The standard InChI is InChI=1S/2C14H31N3O.2C13H29N3O.C11H25N3O.C10H23N3O/c1-10-8-13(16)12(14(17)9-10)6-2-4-11(18)5-3-7-15;1-10-8-13(16)12(14(17)9-10)5-3-2-4-11(18)6-7-15;1-9-7-12(15)11(13(16)8-9)4-2-3-10(17)5-6-14;1-9-6-12(15)11(13(16)7-9)5-3-2-4-10(17)8-14;1-7-5-8(13)11(9(14)6-7)10(15)3-2-4-12;1-6-4-7(12)10(8(13)5-6)9(14)2-3-11/h2*10-14,18H,2-9,15-17H2,1H3;2*9-13,17H,2-8,14-16H2,1H3;7-11,15H,2-6,12-14H2,1H3;6-10,14H,2-5,11-13H2,1H3. The van der Waals surface area contributed by atoms with Gasteiger partial charge in [-0.3, -0.25) is 0 Å². The lowest BCUT2D eigenvalue weighted by Crippen LogP contribution is -2.53. The Kier molecular flexibility index (Phi) is 53.0. The minimum atomic E-state index is -0.433. The van der Waals surface area contributed by atoms with Crippen LogP contribution in [0, 0.1) is 71.0 Å². The predicted octanol–water partition coefficient (Wildman–Crippen LogP) is 2.23. The van der Waals surface area contributed by atoms with Crippen molar-refractivity contribution in [1.82, 2.24) is 0 Å². The highest BCUT2D eigenvalue weighted by molar-refractivity contribution is 4.96. The molecular weight excluding hydrogens is 1250 g/mol. The molecule has 0 aromatic heterocycles. The van der Waals surface area contributed by atoms with Crippen molar-refractivity contribution in [2.75, 3.05) is 39.3 Å². The highest BCUT2D eigenvalue weighted by Crippen LogP contribution is 2.36. The first-order chi connectivity index (χ1) is 46.8. The first-order valence-electron chi connectivity index (χ1n) is 40.1. The molecule has 6 aliphatic rings. The number of nitrogens with two attached hydrogens (primary N) is 18. The van der Waals surface area contributed by atoms with E-state index >= 15 is 0 Å². The van der Waals surface area contributed by atoms with Crippen LogP contribution in [0.15, 0.2) is 0 Å². The van der Waals surface area contributed by atoms with Crippen LogP contribution in [-0.2, 0) is 0 Å². The van der Waals surface area contributed by atoms with Gasteiger partial charge in [0.2, 0.25) is 0 Å². The number of aliphatic hydroxyl groups excluding tert-OH is 6. The first-order valence-corrected chi connectivity index (χ1v) is 40.1. The molecule has 0 heterocycles. The largest absolute Gasteiger partial charge is 0.393 e. The molecule has 99 heavy (non-hydrogen) atoms. The van der Waals surface area contributed by atoms with E-state index in [1.54, 1.807) is 0 Å². The van der Waals surface area contributed by atoms with Gasteiger partial charge < -0.3 is 134 Å². The molecule has 24 nitrogen and oxygen atoms in total. The van der Waals surface area contributed by atoms with E-state index in [2.05, 4.69) is 41.5 Å². The van der Waals surface area contributed by atoms with E-state index in [-0.39, 0.29) is 115 Å². The van der Waals surface area contributed by atoms with Gasteiger partial charge in [-0.25, -0.2) is 0 Å². The number of hydrogen-bond donors (Lipinski definition) is 24. The van der Waals surface area contributed by atoms with Gasteiger partial charge in [0, 0.05) is 90.9 Å². The summed E-state index contributed by atoms with van der Waals surface area (Å²) in [6.07, 6.45) is 30.0. The van der Waals surface area contributed by atoms with Crippen molar-refractivity contribution in [3.8, 4) is 0 Å². The summed E-state index contributed by atoms with van der Waals surface area (Å²) in [6, 6.07) is 2.12. The van der Waals surface area contributed by atoms with Crippen LogP contribution in [0.5, 0.6) is 0 Å². The Labute approximate surface area is 604 Å². The summed E-state index contributed by atoms with van der Waals surface area (Å²) in [5, 5.41) is 58.2. The number of rotatable bonds is 33. The van der Waals surface area contributed by atoms with E-state index in [9.17, 15) is 30.6 Å². The van der Waals surface area contributed by atoms with Gasteiger partial charge in [-0.2, -0.15) is 0 Å². The molecule has 18 unspecified atom stereocenters. The average Bonchev–Trinajstić information content (AvgIpc) is 0.859. The molecule has 0 amide bonds. The molecule has 0 radical (unpaired) electrons. The molecule has 0 saturated heterocycles. The quantitative estimate of drug-likeness (QED) is 0.0419. The SMILES string of the molecule is CC1CC(N)C(C(O)CCCN)C(N)C1.CC1CC(N)C(C(O)CCN)C(N)C1.CC1CC(N)C(CCCC(O)CCCN)C(N)C1.CC1CC(N)C(CCCC(O)CCN)C(N)C1.CC1CC(N)C(CCCCC(O)CCN)C(N)C1.CC1CC(N)C(CCCCC(O)CN)C(N)C1. The third-order valence-corrected chi connectivity index (χ3v) is 23.3. The summed E-state index contributed by atoms with van der Waals surface area (Å²) in [4.78, 5) is 0. The molecule has 6 saturated carbocycles. The fraction of sp³-hybridized carbons (Fsp3) is 1.00. The van der Waals surface area contributed by atoms with Gasteiger partial charge in [-0.05, 0) is 265 Å². The maximum absolute atomic E-state index is 10.0. The van der Waals surface area contributed by atoms with Crippen molar-refractivity contribution in [3.05, 3.63) is 0 Å². The molecule has 0 aliphatic heterocycles. The Morgan fingerprint density at radius 3 is 0.707 bits per heavy atom. The third-order valence-electron chi connectivity index (χ3n) is 23.3. The van der Waals surface area contributed by atoms with Crippen molar-refractivity contribution in [2.24, 2.45) is 174 Å². The van der Waals surface area contributed by atoms with E-state index in [1.807, 2.05) is 0 Å². The second kappa shape index (κ2) is 54.6. The van der Waals surface area contributed by atoms with Gasteiger partial charge >= 0.3 is 0 Å². The van der Waals surface area contributed by atoms with Crippen molar-refractivity contribution < 1.29 is 30.6 Å². The van der Waals surface area contributed by atoms with Crippen LogP contribution < -0.4 is 103 Å². The molecule has 0 aromatic carbocycles. The van der Waals surface area contributed by atoms with Crippen LogP contribution in [0.4, 0.5) is 0 Å². The van der Waals surface area contributed by atoms with Gasteiger partial charge in [-0.15, -0.1) is 0 Å². The summed E-state index contributed by atoms with van der Waals surface area (Å²) in [6.45, 7) is 16.5. The van der Waals surface area contributed by atoms with Crippen LogP contribution >= 0.6 is 0 Å². The highest BCUT2D eigenvalue weighted by atomic mass is 16.3. The lowest BCUT2D eigenvalue weighted by Gasteiger charge is -2.40. The van der Waals surface area contributed by atoms with Gasteiger partial charge in [0.05, 0.1) is 36.6 Å². The number of unbranched alkanes of at least 4 members (excludes halogenated alkanes) is 2.